The van der Waals surface area contributed by atoms with Gasteiger partial charge in [0.25, 0.3) is 0 Å². The van der Waals surface area contributed by atoms with E-state index in [2.05, 4.69) is 129 Å². The molecule has 0 spiro atoms. The van der Waals surface area contributed by atoms with Crippen molar-refractivity contribution >= 4 is 46.6 Å². The molecule has 2 atom stereocenters. The molecular weight excluding hydrogens is 711 g/mol. The van der Waals surface area contributed by atoms with Gasteiger partial charge < -0.3 is 36.2 Å². The summed E-state index contributed by atoms with van der Waals surface area (Å²) < 4.78 is 3.61. The first kappa shape index (κ1) is 45.4. The van der Waals surface area contributed by atoms with Gasteiger partial charge in [-0.15, -0.1) is 24.8 Å². The molecule has 1 aliphatic rings. The van der Waals surface area contributed by atoms with Crippen molar-refractivity contribution in [2.45, 2.75) is 117 Å². The SMILES string of the molecule is CCCCCCCCCCCC[N+](C)(C)Cc1ccccc1.C[C@@H]1CN(CCCn2c3ccccc3c3ccccc32)C[C@H](C)N1.Cl.Cl.[Br-]. The summed E-state index contributed by atoms with van der Waals surface area (Å²) in [6.45, 7) is 13.9. The fraction of sp³-hybridized carbons (Fsp3) is 0.571. The van der Waals surface area contributed by atoms with Crippen molar-refractivity contribution in [3.05, 3.63) is 84.4 Å². The number of nitrogens with zero attached hydrogens (tertiary/aromatic N) is 3. The summed E-state index contributed by atoms with van der Waals surface area (Å²) in [5.74, 6) is 0. The summed E-state index contributed by atoms with van der Waals surface area (Å²) in [5.41, 5.74) is 4.18. The van der Waals surface area contributed by atoms with E-state index in [0.717, 1.165) is 30.7 Å². The van der Waals surface area contributed by atoms with E-state index in [1.165, 1.54) is 111 Å². The van der Waals surface area contributed by atoms with Crippen molar-refractivity contribution in [3.63, 3.8) is 0 Å². The zero-order valence-corrected chi connectivity index (χ0v) is 34.4. The van der Waals surface area contributed by atoms with E-state index in [0.29, 0.717) is 12.1 Å². The zero-order valence-electron chi connectivity index (χ0n) is 31.2. The monoisotopic (exact) mass is 776 g/mol. The minimum absolute atomic E-state index is 0. The number of unbranched alkanes of at least 4 members (excludes halogenated alkanes) is 9. The maximum absolute atomic E-state index is 3.61. The zero-order chi connectivity index (χ0) is 32.6. The molecule has 0 unspecified atom stereocenters. The number of hydrogen-bond donors (Lipinski definition) is 1. The van der Waals surface area contributed by atoms with Gasteiger partial charge in [-0.1, -0.05) is 125 Å². The maximum atomic E-state index is 3.61. The number of halogens is 3. The van der Waals surface area contributed by atoms with Gasteiger partial charge in [0, 0.05) is 59.1 Å². The second-order valence-corrected chi connectivity index (χ2v) is 14.8. The van der Waals surface area contributed by atoms with Crippen LogP contribution in [0.3, 0.4) is 0 Å². The molecule has 7 heteroatoms. The smallest absolute Gasteiger partial charge is 0.104 e. The molecule has 0 saturated carbocycles. The number of para-hydroxylation sites is 2. The van der Waals surface area contributed by atoms with Crippen molar-refractivity contribution in [1.82, 2.24) is 14.8 Å². The highest BCUT2D eigenvalue weighted by molar-refractivity contribution is 6.07. The molecule has 3 aromatic carbocycles. The minimum Gasteiger partial charge on any atom is -1.00 e. The molecule has 1 fully saturated rings. The molecular formula is C42H67BrCl2N4. The molecule has 0 bridgehead atoms. The van der Waals surface area contributed by atoms with E-state index >= 15 is 0 Å². The van der Waals surface area contributed by atoms with Gasteiger partial charge in [-0.2, -0.15) is 0 Å². The third-order valence-electron chi connectivity index (χ3n) is 9.74. The first-order valence-corrected chi connectivity index (χ1v) is 18.7. The van der Waals surface area contributed by atoms with Crippen LogP contribution in [0.4, 0.5) is 0 Å². The topological polar surface area (TPSA) is 20.2 Å². The van der Waals surface area contributed by atoms with E-state index < -0.39 is 0 Å². The van der Waals surface area contributed by atoms with E-state index in [9.17, 15) is 0 Å². The fourth-order valence-electron chi connectivity index (χ4n) is 7.50. The largest absolute Gasteiger partial charge is 1.00 e. The van der Waals surface area contributed by atoms with Crippen LogP contribution >= 0.6 is 24.8 Å². The second-order valence-electron chi connectivity index (χ2n) is 14.8. The normalized spacial score (nSPS) is 16.3. The van der Waals surface area contributed by atoms with Gasteiger partial charge in [-0.05, 0) is 51.8 Å². The van der Waals surface area contributed by atoms with Crippen LogP contribution in [0.15, 0.2) is 78.9 Å². The molecule has 1 aromatic heterocycles. The predicted molar refractivity (Wildman–Crippen MR) is 216 cm³/mol. The Balaban J connectivity index is 0.000000464. The van der Waals surface area contributed by atoms with Gasteiger partial charge in [-0.3, -0.25) is 0 Å². The van der Waals surface area contributed by atoms with Crippen LogP contribution in [0.25, 0.3) is 21.8 Å². The Hall–Kier alpha value is -1.60. The number of piperazine rings is 1. The average Bonchev–Trinajstić information content (AvgIpc) is 3.36. The highest BCUT2D eigenvalue weighted by Crippen LogP contribution is 2.29. The molecule has 5 rings (SSSR count). The Morgan fingerprint density at radius 1 is 0.612 bits per heavy atom. The number of quaternary nitrogens is 1. The van der Waals surface area contributed by atoms with Gasteiger partial charge in [0.2, 0.25) is 0 Å². The van der Waals surface area contributed by atoms with E-state index in [-0.39, 0.29) is 41.8 Å². The molecule has 49 heavy (non-hydrogen) atoms. The van der Waals surface area contributed by atoms with Gasteiger partial charge >= 0.3 is 0 Å². The Kier molecular flexibility index (Phi) is 22.8. The van der Waals surface area contributed by atoms with E-state index in [1.807, 2.05) is 0 Å². The van der Waals surface area contributed by atoms with Gasteiger partial charge in [-0.25, -0.2) is 0 Å². The van der Waals surface area contributed by atoms with Crippen molar-refractivity contribution in [2.24, 2.45) is 0 Å². The Morgan fingerprint density at radius 2 is 1.08 bits per heavy atom. The standard InChI is InChI=1S/C21H27N3.C21H38N.BrH.2ClH/c1-16-14-23(15-17(2)22-16)12-7-13-24-20-10-5-3-8-18(20)19-9-4-6-11-21(19)24;1-4-5-6-7-8-9-10-11-12-16-19-22(2,3)20-21-17-14-13-15-18-21;;;/h3-6,8-11,16-17,22H,7,12-15H2,1-2H3;13-15,17-18H,4-12,16,19-20H2,1-3H3;3*1H/q;+1;;;/p-1/t16-,17+;;;;. The van der Waals surface area contributed by atoms with E-state index in [1.54, 1.807) is 0 Å². The lowest BCUT2D eigenvalue weighted by molar-refractivity contribution is -0.903. The average molecular weight is 779 g/mol. The third-order valence-corrected chi connectivity index (χ3v) is 9.74. The highest BCUT2D eigenvalue weighted by Gasteiger charge is 2.20. The van der Waals surface area contributed by atoms with Crippen LogP contribution in [0, 0.1) is 0 Å². The molecule has 0 radical (unpaired) electrons. The summed E-state index contributed by atoms with van der Waals surface area (Å²) in [4.78, 5) is 2.61. The quantitative estimate of drug-likeness (QED) is 0.0870. The molecule has 1 saturated heterocycles. The number of nitrogens with one attached hydrogen (secondary N) is 1. The Bertz CT molecular complexity index is 1350. The Morgan fingerprint density at radius 3 is 1.61 bits per heavy atom. The number of aromatic nitrogens is 1. The van der Waals surface area contributed by atoms with Crippen LogP contribution < -0.4 is 22.3 Å². The lowest BCUT2D eigenvalue weighted by Gasteiger charge is -2.36. The number of benzene rings is 3. The molecule has 0 amide bonds. The lowest BCUT2D eigenvalue weighted by Crippen LogP contribution is -3.00. The van der Waals surface area contributed by atoms with Crippen LogP contribution in [0.2, 0.25) is 0 Å². The molecule has 4 nitrogen and oxygen atoms in total. The van der Waals surface area contributed by atoms with Crippen molar-refractivity contribution in [3.8, 4) is 0 Å². The van der Waals surface area contributed by atoms with Crippen LogP contribution in [0.1, 0.15) is 97.0 Å². The summed E-state index contributed by atoms with van der Waals surface area (Å²) in [7, 11) is 4.72. The summed E-state index contributed by atoms with van der Waals surface area (Å²) in [5, 5.41) is 6.36. The fourth-order valence-corrected chi connectivity index (χ4v) is 7.50. The van der Waals surface area contributed by atoms with Crippen LogP contribution in [-0.2, 0) is 13.1 Å². The number of rotatable bonds is 17. The van der Waals surface area contributed by atoms with Crippen molar-refractivity contribution in [1.29, 1.82) is 0 Å². The molecule has 1 N–H and O–H groups in total. The highest BCUT2D eigenvalue weighted by atomic mass is 79.9. The maximum Gasteiger partial charge on any atom is 0.104 e. The molecule has 2 heterocycles. The van der Waals surface area contributed by atoms with Gasteiger partial charge in [0.1, 0.15) is 6.54 Å². The van der Waals surface area contributed by atoms with Crippen molar-refractivity contribution < 1.29 is 21.5 Å². The lowest BCUT2D eigenvalue weighted by atomic mass is 10.1. The molecule has 4 aromatic rings. The van der Waals surface area contributed by atoms with Crippen molar-refractivity contribution in [2.75, 3.05) is 40.3 Å². The molecule has 276 valence electrons. The second kappa shape index (κ2) is 24.6. The molecule has 1 aliphatic heterocycles. The van der Waals surface area contributed by atoms with Gasteiger partial charge in [0.15, 0.2) is 0 Å². The predicted octanol–water partition coefficient (Wildman–Crippen LogP) is 7.90. The van der Waals surface area contributed by atoms with Crippen LogP contribution in [0.5, 0.6) is 0 Å². The van der Waals surface area contributed by atoms with Crippen LogP contribution in [-0.4, -0.2) is 66.3 Å². The first-order chi connectivity index (χ1) is 22.4. The number of hydrogen-bond acceptors (Lipinski definition) is 2. The summed E-state index contributed by atoms with van der Waals surface area (Å²) in [6, 6.07) is 29.7. The van der Waals surface area contributed by atoms with E-state index in [4.69, 9.17) is 0 Å². The molecule has 0 aliphatic carbocycles. The van der Waals surface area contributed by atoms with Gasteiger partial charge in [0.05, 0.1) is 20.6 Å². The number of fused-ring (bicyclic) bond motifs is 3. The third kappa shape index (κ3) is 15.7. The minimum atomic E-state index is 0. The Labute approximate surface area is 322 Å². The first-order valence-electron chi connectivity index (χ1n) is 18.7. The summed E-state index contributed by atoms with van der Waals surface area (Å²) in [6.07, 6.45) is 15.4. The number of aryl methyl sites for hydroxylation is 1. The summed E-state index contributed by atoms with van der Waals surface area (Å²) >= 11 is 0.